The Kier molecular flexibility index (Phi) is 2.57. The van der Waals surface area contributed by atoms with E-state index in [1.165, 1.54) is 0 Å². The van der Waals surface area contributed by atoms with Gasteiger partial charge >= 0.3 is 0 Å². The summed E-state index contributed by atoms with van der Waals surface area (Å²) >= 11 is 3.42. The minimum absolute atomic E-state index is 0.647. The van der Waals surface area contributed by atoms with E-state index >= 15 is 0 Å². The lowest BCUT2D eigenvalue weighted by Crippen LogP contribution is -1.79. The van der Waals surface area contributed by atoms with E-state index in [1.807, 2.05) is 19.1 Å². The fourth-order valence-corrected chi connectivity index (χ4v) is 2.15. The van der Waals surface area contributed by atoms with E-state index in [4.69, 9.17) is 5.26 Å². The highest BCUT2D eigenvalue weighted by molar-refractivity contribution is 9.10. The van der Waals surface area contributed by atoms with Crippen molar-refractivity contribution < 1.29 is 0 Å². The Labute approximate surface area is 95.9 Å². The van der Waals surface area contributed by atoms with Crippen molar-refractivity contribution in [1.29, 1.82) is 5.26 Å². The lowest BCUT2D eigenvalue weighted by molar-refractivity contribution is 1.24. The average Bonchev–Trinajstić information content (AvgIpc) is 2.55. The molecule has 0 aromatic carbocycles. The van der Waals surface area contributed by atoms with E-state index < -0.39 is 0 Å². The molecule has 0 aliphatic carbocycles. The van der Waals surface area contributed by atoms with Gasteiger partial charge in [0.1, 0.15) is 6.07 Å². The topological polar surface area (TPSA) is 52.5 Å². The van der Waals surface area contributed by atoms with E-state index in [0.717, 1.165) is 21.4 Å². The molecule has 0 unspecified atom stereocenters. The number of pyridine rings is 1. The Hall–Kier alpha value is -1.60. The Balaban J connectivity index is 2.62. The Morgan fingerprint density at radius 2 is 2.33 bits per heavy atom. The average molecular weight is 262 g/mol. The van der Waals surface area contributed by atoms with Gasteiger partial charge in [0.25, 0.3) is 0 Å². The molecule has 4 heteroatoms. The quantitative estimate of drug-likeness (QED) is 0.858. The van der Waals surface area contributed by atoms with Crippen LogP contribution in [0.3, 0.4) is 0 Å². The molecule has 0 aliphatic heterocycles. The second-order valence-corrected chi connectivity index (χ2v) is 3.96. The van der Waals surface area contributed by atoms with Crippen molar-refractivity contribution in [2.24, 2.45) is 0 Å². The molecule has 0 saturated heterocycles. The number of aryl methyl sites for hydroxylation is 1. The van der Waals surface area contributed by atoms with Crippen LogP contribution in [0.25, 0.3) is 11.3 Å². The van der Waals surface area contributed by atoms with E-state index in [1.54, 1.807) is 12.4 Å². The SMILES string of the molecule is Cc1[nH]c(-c2cccnc2)c(Br)c1C#N. The van der Waals surface area contributed by atoms with Crippen LogP contribution in [0.1, 0.15) is 11.3 Å². The maximum atomic E-state index is 8.94. The zero-order valence-electron chi connectivity index (χ0n) is 8.08. The highest BCUT2D eigenvalue weighted by Gasteiger charge is 2.13. The number of hydrogen-bond acceptors (Lipinski definition) is 2. The number of aromatic amines is 1. The van der Waals surface area contributed by atoms with Crippen molar-refractivity contribution in [2.45, 2.75) is 6.92 Å². The number of aromatic nitrogens is 2. The maximum Gasteiger partial charge on any atom is 0.102 e. The summed E-state index contributed by atoms with van der Waals surface area (Å²) in [5, 5.41) is 8.94. The van der Waals surface area contributed by atoms with E-state index in [2.05, 4.69) is 32.0 Å². The van der Waals surface area contributed by atoms with Gasteiger partial charge in [-0.2, -0.15) is 5.26 Å². The third-order valence-electron chi connectivity index (χ3n) is 2.19. The van der Waals surface area contributed by atoms with E-state index in [-0.39, 0.29) is 0 Å². The molecular weight excluding hydrogens is 254 g/mol. The Morgan fingerprint density at radius 1 is 1.53 bits per heavy atom. The van der Waals surface area contributed by atoms with Crippen LogP contribution in [0.15, 0.2) is 29.0 Å². The minimum Gasteiger partial charge on any atom is -0.357 e. The highest BCUT2D eigenvalue weighted by atomic mass is 79.9. The minimum atomic E-state index is 0.647. The van der Waals surface area contributed by atoms with Crippen molar-refractivity contribution >= 4 is 15.9 Å². The molecule has 2 aromatic rings. The molecule has 0 aliphatic rings. The molecule has 0 radical (unpaired) electrons. The molecule has 0 fully saturated rings. The summed E-state index contributed by atoms with van der Waals surface area (Å²) in [7, 11) is 0. The van der Waals surface area contributed by atoms with Crippen LogP contribution in [0, 0.1) is 18.3 Å². The summed E-state index contributed by atoms with van der Waals surface area (Å²) < 4.78 is 0.801. The summed E-state index contributed by atoms with van der Waals surface area (Å²) in [6.45, 7) is 1.88. The number of hydrogen-bond donors (Lipinski definition) is 1. The third kappa shape index (κ3) is 1.66. The normalized spacial score (nSPS) is 9.93. The molecule has 1 N–H and O–H groups in total. The number of nitrogens with one attached hydrogen (secondary N) is 1. The van der Waals surface area contributed by atoms with Crippen molar-refractivity contribution in [3.8, 4) is 17.3 Å². The molecule has 15 heavy (non-hydrogen) atoms. The maximum absolute atomic E-state index is 8.94. The van der Waals surface area contributed by atoms with Crippen molar-refractivity contribution in [1.82, 2.24) is 9.97 Å². The molecule has 0 saturated carbocycles. The standard InChI is InChI=1S/C11H8BrN3/c1-7-9(5-13)10(12)11(15-7)8-3-2-4-14-6-8/h2-4,6,15H,1H3. The third-order valence-corrected chi connectivity index (χ3v) is 2.98. The first-order valence-electron chi connectivity index (χ1n) is 4.42. The van der Waals surface area contributed by atoms with Crippen LogP contribution in [0.2, 0.25) is 0 Å². The van der Waals surface area contributed by atoms with Gasteiger partial charge in [-0.1, -0.05) is 0 Å². The number of nitrogens with zero attached hydrogens (tertiary/aromatic N) is 2. The summed E-state index contributed by atoms with van der Waals surface area (Å²) in [5.41, 5.74) is 3.38. The van der Waals surface area contributed by atoms with Crippen molar-refractivity contribution in [3.63, 3.8) is 0 Å². The van der Waals surface area contributed by atoms with Crippen molar-refractivity contribution in [3.05, 3.63) is 40.3 Å². The molecule has 74 valence electrons. The zero-order valence-corrected chi connectivity index (χ0v) is 9.67. The highest BCUT2D eigenvalue weighted by Crippen LogP contribution is 2.31. The number of nitriles is 1. The molecule has 0 bridgehead atoms. The van der Waals surface area contributed by atoms with Gasteiger partial charge in [-0.15, -0.1) is 0 Å². The molecule has 0 spiro atoms. The van der Waals surface area contributed by atoms with Gasteiger partial charge < -0.3 is 4.98 Å². The summed E-state index contributed by atoms with van der Waals surface area (Å²) in [4.78, 5) is 7.21. The lowest BCUT2D eigenvalue weighted by atomic mass is 10.2. The first kappa shape index (κ1) is 9.94. The number of halogens is 1. The lowest BCUT2D eigenvalue weighted by Gasteiger charge is -1.97. The van der Waals surface area contributed by atoms with E-state index in [0.29, 0.717) is 5.56 Å². The van der Waals surface area contributed by atoms with Gasteiger partial charge in [-0.25, -0.2) is 0 Å². The Bertz CT molecular complexity index is 523. The van der Waals surface area contributed by atoms with Gasteiger partial charge in [0, 0.05) is 23.7 Å². The number of H-pyrrole nitrogens is 1. The van der Waals surface area contributed by atoms with Gasteiger partial charge in [0.15, 0.2) is 0 Å². The molecule has 2 rings (SSSR count). The van der Waals surface area contributed by atoms with Crippen LogP contribution in [-0.2, 0) is 0 Å². The molecule has 2 heterocycles. The fourth-order valence-electron chi connectivity index (χ4n) is 1.44. The van der Waals surface area contributed by atoms with Gasteiger partial charge in [-0.05, 0) is 35.0 Å². The second kappa shape index (κ2) is 3.87. The Morgan fingerprint density at radius 3 is 2.87 bits per heavy atom. The van der Waals surface area contributed by atoms with Gasteiger partial charge in [0.2, 0.25) is 0 Å². The largest absolute Gasteiger partial charge is 0.357 e. The van der Waals surface area contributed by atoms with Crippen molar-refractivity contribution in [2.75, 3.05) is 0 Å². The van der Waals surface area contributed by atoms with Crippen LogP contribution >= 0.6 is 15.9 Å². The first-order chi connectivity index (χ1) is 7.24. The molecule has 2 aromatic heterocycles. The van der Waals surface area contributed by atoms with Gasteiger partial charge in [-0.3, -0.25) is 4.98 Å². The zero-order chi connectivity index (χ0) is 10.8. The van der Waals surface area contributed by atoms with E-state index in [9.17, 15) is 0 Å². The smallest absolute Gasteiger partial charge is 0.102 e. The predicted octanol–water partition coefficient (Wildman–Crippen LogP) is 3.02. The van der Waals surface area contributed by atoms with Crippen LogP contribution < -0.4 is 0 Å². The molecular formula is C11H8BrN3. The van der Waals surface area contributed by atoms with Crippen LogP contribution in [0.5, 0.6) is 0 Å². The second-order valence-electron chi connectivity index (χ2n) is 3.17. The molecule has 0 atom stereocenters. The fraction of sp³-hybridized carbons (Fsp3) is 0.0909. The van der Waals surface area contributed by atoms with Crippen LogP contribution in [0.4, 0.5) is 0 Å². The summed E-state index contributed by atoms with van der Waals surface area (Å²) in [6, 6.07) is 5.97. The molecule has 0 amide bonds. The predicted molar refractivity (Wildman–Crippen MR) is 61.2 cm³/mol. The number of rotatable bonds is 1. The monoisotopic (exact) mass is 261 g/mol. The van der Waals surface area contributed by atoms with Crippen LogP contribution in [-0.4, -0.2) is 9.97 Å². The first-order valence-corrected chi connectivity index (χ1v) is 5.22. The van der Waals surface area contributed by atoms with Gasteiger partial charge in [0.05, 0.1) is 15.7 Å². The summed E-state index contributed by atoms with van der Waals surface area (Å²) in [5.74, 6) is 0. The molecule has 3 nitrogen and oxygen atoms in total. The summed E-state index contributed by atoms with van der Waals surface area (Å²) in [6.07, 6.45) is 3.48.